The molecule has 34 heavy (non-hydrogen) atoms. The maximum atomic E-state index is 12.9. The molecule has 0 unspecified atom stereocenters. The molecule has 2 aromatic heterocycles. The van der Waals surface area contributed by atoms with Crippen molar-refractivity contribution in [1.29, 1.82) is 0 Å². The summed E-state index contributed by atoms with van der Waals surface area (Å²) in [5.41, 5.74) is 3.41. The quantitative estimate of drug-likeness (QED) is 0.348. The lowest BCUT2D eigenvalue weighted by molar-refractivity contribution is 0.0948. The van der Waals surface area contributed by atoms with E-state index < -0.39 is 0 Å². The molecule has 0 radical (unpaired) electrons. The van der Waals surface area contributed by atoms with Crippen molar-refractivity contribution in [3.8, 4) is 11.4 Å². The highest BCUT2D eigenvalue weighted by molar-refractivity contribution is 7.98. The summed E-state index contributed by atoms with van der Waals surface area (Å²) in [5, 5.41) is 19.2. The zero-order valence-corrected chi connectivity index (χ0v) is 18.8. The van der Waals surface area contributed by atoms with E-state index in [1.807, 2.05) is 78.9 Å². The van der Waals surface area contributed by atoms with Crippen molar-refractivity contribution in [2.45, 2.75) is 17.2 Å². The summed E-state index contributed by atoms with van der Waals surface area (Å²) >= 11 is 1.52. The highest BCUT2D eigenvalue weighted by Gasteiger charge is 2.14. The smallest absolute Gasteiger partial charge is 0.252 e. The van der Waals surface area contributed by atoms with E-state index in [4.69, 9.17) is 0 Å². The molecule has 2 heterocycles. The molecule has 3 aromatic carbocycles. The van der Waals surface area contributed by atoms with E-state index in [0.717, 1.165) is 21.8 Å². The van der Waals surface area contributed by atoms with E-state index in [1.165, 1.54) is 18.1 Å². The van der Waals surface area contributed by atoms with Crippen LogP contribution >= 0.6 is 11.8 Å². The molecule has 0 bridgehead atoms. The largest absolute Gasteiger partial charge is 0.348 e. The van der Waals surface area contributed by atoms with Crippen molar-refractivity contribution in [3.63, 3.8) is 0 Å². The average molecular weight is 469 g/mol. The van der Waals surface area contributed by atoms with Gasteiger partial charge in [-0.05, 0) is 52.4 Å². The second-order valence-electron chi connectivity index (χ2n) is 7.32. The van der Waals surface area contributed by atoms with Crippen molar-refractivity contribution < 1.29 is 4.79 Å². The number of aromatic nitrogens is 7. The lowest BCUT2D eigenvalue weighted by Crippen LogP contribution is -2.23. The highest BCUT2D eigenvalue weighted by atomic mass is 32.2. The van der Waals surface area contributed by atoms with Crippen LogP contribution in [0.4, 0.5) is 0 Å². The summed E-state index contributed by atoms with van der Waals surface area (Å²) in [6, 6.07) is 25.1. The highest BCUT2D eigenvalue weighted by Crippen LogP contribution is 2.26. The Balaban J connectivity index is 1.24. The van der Waals surface area contributed by atoms with Crippen LogP contribution < -0.4 is 5.32 Å². The fourth-order valence-electron chi connectivity index (χ4n) is 3.37. The van der Waals surface area contributed by atoms with Gasteiger partial charge in [0.25, 0.3) is 5.91 Å². The third-order valence-corrected chi connectivity index (χ3v) is 6.17. The number of rotatable bonds is 8. The first kappa shape index (κ1) is 21.5. The Bertz CT molecular complexity index is 1370. The molecule has 0 atom stereocenters. The molecule has 1 amide bonds. The molecule has 5 aromatic rings. The molecule has 0 aliphatic heterocycles. The maximum absolute atomic E-state index is 12.9. The fraction of sp³-hybridized carbons (Fsp3) is 0.0833. The second kappa shape index (κ2) is 10.1. The first-order chi connectivity index (χ1) is 16.8. The Labute approximate surface area is 199 Å². The number of para-hydroxylation sites is 1. The predicted octanol–water partition coefficient (Wildman–Crippen LogP) is 3.47. The maximum Gasteiger partial charge on any atom is 0.252 e. The minimum Gasteiger partial charge on any atom is -0.348 e. The molecular weight excluding hydrogens is 448 g/mol. The van der Waals surface area contributed by atoms with E-state index in [0.29, 0.717) is 23.7 Å². The van der Waals surface area contributed by atoms with Gasteiger partial charge in [0.05, 0.1) is 22.7 Å². The van der Waals surface area contributed by atoms with Gasteiger partial charge in [-0.25, -0.2) is 9.67 Å². The van der Waals surface area contributed by atoms with E-state index in [-0.39, 0.29) is 5.91 Å². The van der Waals surface area contributed by atoms with Gasteiger partial charge in [-0.3, -0.25) is 4.79 Å². The summed E-state index contributed by atoms with van der Waals surface area (Å²) < 4.78 is 3.39. The van der Waals surface area contributed by atoms with Crippen LogP contribution in [0.2, 0.25) is 0 Å². The first-order valence-corrected chi connectivity index (χ1v) is 11.5. The van der Waals surface area contributed by atoms with Crippen molar-refractivity contribution in [3.05, 3.63) is 108 Å². The van der Waals surface area contributed by atoms with Crippen LogP contribution in [0.3, 0.4) is 0 Å². The van der Waals surface area contributed by atoms with E-state index in [1.54, 1.807) is 15.7 Å². The Morgan fingerprint density at radius 2 is 1.71 bits per heavy atom. The molecular formula is C24H20N8OS. The zero-order chi connectivity index (χ0) is 23.2. The van der Waals surface area contributed by atoms with Crippen molar-refractivity contribution in [2.24, 2.45) is 0 Å². The van der Waals surface area contributed by atoms with Crippen LogP contribution in [0.5, 0.6) is 0 Å². The van der Waals surface area contributed by atoms with E-state index >= 15 is 0 Å². The summed E-state index contributed by atoms with van der Waals surface area (Å²) in [4.78, 5) is 17.8. The molecule has 0 aliphatic carbocycles. The number of benzene rings is 3. The molecule has 0 fully saturated rings. The van der Waals surface area contributed by atoms with Crippen LogP contribution in [-0.2, 0) is 12.3 Å². The first-order valence-electron chi connectivity index (χ1n) is 10.5. The molecule has 0 aliphatic rings. The fourth-order valence-corrected chi connectivity index (χ4v) is 4.33. The van der Waals surface area contributed by atoms with Gasteiger partial charge in [-0.2, -0.15) is 9.78 Å². The topological polar surface area (TPSA) is 103 Å². The standard InChI is InChI=1S/C24H20N8OS/c33-24(26-14-18-10-12-19(13-11-18)31-17-25-16-27-31)21-8-4-5-9-22(21)34-15-23-28-29-30-32(23)20-6-2-1-3-7-20/h1-13,16-17H,14-15H2,(H,26,33). The average Bonchev–Trinajstić information content (AvgIpc) is 3.60. The number of hydrogen-bond donors (Lipinski definition) is 1. The molecule has 0 spiro atoms. The van der Waals surface area contributed by atoms with Crippen molar-refractivity contribution in [1.82, 2.24) is 40.3 Å². The van der Waals surface area contributed by atoms with Crippen molar-refractivity contribution >= 4 is 17.7 Å². The lowest BCUT2D eigenvalue weighted by atomic mass is 10.2. The number of carbonyl (C=O) groups excluding carboxylic acids is 1. The number of thioether (sulfide) groups is 1. The van der Waals surface area contributed by atoms with Crippen LogP contribution in [0.15, 0.2) is 96.4 Å². The molecule has 10 heteroatoms. The van der Waals surface area contributed by atoms with Crippen LogP contribution in [-0.4, -0.2) is 40.9 Å². The third-order valence-electron chi connectivity index (χ3n) is 5.10. The third kappa shape index (κ3) is 4.86. The predicted molar refractivity (Wildman–Crippen MR) is 128 cm³/mol. The molecule has 9 nitrogen and oxygen atoms in total. The SMILES string of the molecule is O=C(NCc1ccc(-n2cncn2)cc1)c1ccccc1SCc1nnnn1-c1ccccc1. The van der Waals surface area contributed by atoms with Gasteiger partial charge < -0.3 is 5.32 Å². The number of hydrogen-bond acceptors (Lipinski definition) is 7. The number of nitrogens with one attached hydrogen (secondary N) is 1. The molecule has 0 saturated carbocycles. The molecule has 0 saturated heterocycles. The van der Waals surface area contributed by atoms with Crippen LogP contribution in [0, 0.1) is 0 Å². The Morgan fingerprint density at radius 1 is 0.912 bits per heavy atom. The monoisotopic (exact) mass is 468 g/mol. The van der Waals surface area contributed by atoms with Gasteiger partial charge in [0.15, 0.2) is 5.82 Å². The second-order valence-corrected chi connectivity index (χ2v) is 8.33. The molecule has 5 rings (SSSR count). The Hall–Kier alpha value is -4.31. The van der Waals surface area contributed by atoms with Gasteiger partial charge in [0, 0.05) is 11.4 Å². The van der Waals surface area contributed by atoms with Gasteiger partial charge >= 0.3 is 0 Å². The van der Waals surface area contributed by atoms with E-state index in [9.17, 15) is 4.79 Å². The van der Waals surface area contributed by atoms with Gasteiger partial charge in [-0.1, -0.05) is 42.5 Å². The van der Waals surface area contributed by atoms with Crippen molar-refractivity contribution in [2.75, 3.05) is 0 Å². The summed E-state index contributed by atoms with van der Waals surface area (Å²) in [5.74, 6) is 1.10. The van der Waals surface area contributed by atoms with Gasteiger partial charge in [-0.15, -0.1) is 16.9 Å². The van der Waals surface area contributed by atoms with E-state index in [2.05, 4.69) is 30.9 Å². The summed E-state index contributed by atoms with van der Waals surface area (Å²) in [6.45, 7) is 0.418. The lowest BCUT2D eigenvalue weighted by Gasteiger charge is -2.10. The zero-order valence-electron chi connectivity index (χ0n) is 18.0. The van der Waals surface area contributed by atoms with Gasteiger partial charge in [0.1, 0.15) is 12.7 Å². The molecule has 168 valence electrons. The molecule has 1 N–H and O–H groups in total. The summed E-state index contributed by atoms with van der Waals surface area (Å²) in [7, 11) is 0. The Morgan fingerprint density at radius 3 is 2.50 bits per heavy atom. The number of nitrogens with zero attached hydrogens (tertiary/aromatic N) is 7. The minimum absolute atomic E-state index is 0.133. The normalized spacial score (nSPS) is 10.8. The number of amides is 1. The number of tetrazole rings is 1. The van der Waals surface area contributed by atoms with Crippen LogP contribution in [0.25, 0.3) is 11.4 Å². The van der Waals surface area contributed by atoms with Crippen LogP contribution in [0.1, 0.15) is 21.7 Å². The number of carbonyl (C=O) groups is 1. The van der Waals surface area contributed by atoms with Gasteiger partial charge in [0.2, 0.25) is 0 Å². The minimum atomic E-state index is -0.133. The Kier molecular flexibility index (Phi) is 6.39. The summed E-state index contributed by atoms with van der Waals surface area (Å²) in [6.07, 6.45) is 3.13.